The second-order valence-electron chi connectivity index (χ2n) is 6.83. The topological polar surface area (TPSA) is 78.9 Å². The van der Waals surface area contributed by atoms with E-state index in [1.807, 2.05) is 34.9 Å². The van der Waals surface area contributed by atoms with Gasteiger partial charge in [0.2, 0.25) is 0 Å². The van der Waals surface area contributed by atoms with Crippen LogP contribution in [0.25, 0.3) is 11.0 Å². The van der Waals surface area contributed by atoms with Gasteiger partial charge in [-0.15, -0.1) is 0 Å². The lowest BCUT2D eigenvalue weighted by atomic mass is 10.2. The summed E-state index contributed by atoms with van der Waals surface area (Å²) in [6, 6.07) is 12.3. The van der Waals surface area contributed by atoms with Gasteiger partial charge in [-0.05, 0) is 18.5 Å². The van der Waals surface area contributed by atoms with Crippen LogP contribution in [-0.2, 0) is 13.6 Å². The molecule has 0 unspecified atom stereocenters. The minimum atomic E-state index is -0.133. The molecule has 2 aromatic heterocycles. The molecule has 0 spiro atoms. The largest absolute Gasteiger partial charge is 0.355 e. The number of benzene rings is 1. The van der Waals surface area contributed by atoms with Crippen molar-refractivity contribution >= 4 is 16.9 Å². The first-order valence-corrected chi connectivity index (χ1v) is 9.18. The van der Waals surface area contributed by atoms with Crippen molar-refractivity contribution < 1.29 is 0 Å². The molecule has 1 aliphatic heterocycles. The zero-order valence-corrected chi connectivity index (χ0v) is 15.4. The molecule has 3 aromatic rings. The minimum Gasteiger partial charge on any atom is -0.355 e. The Kier molecular flexibility index (Phi) is 4.65. The summed E-state index contributed by atoms with van der Waals surface area (Å²) in [5, 5.41) is 13.3. The van der Waals surface area contributed by atoms with Gasteiger partial charge in [0.1, 0.15) is 28.5 Å². The molecule has 1 fully saturated rings. The Bertz CT molecular complexity index is 1050. The quantitative estimate of drug-likeness (QED) is 0.763. The van der Waals surface area contributed by atoms with Gasteiger partial charge in [-0.2, -0.15) is 5.26 Å². The van der Waals surface area contributed by atoms with E-state index in [4.69, 9.17) is 0 Å². The number of aryl methyl sites for hydroxylation is 1. The number of fused-ring (bicyclic) bond motifs is 1. The number of aromatic nitrogens is 3. The summed E-state index contributed by atoms with van der Waals surface area (Å²) in [6.45, 7) is 3.97. The lowest BCUT2D eigenvalue weighted by Gasteiger charge is -2.24. The van der Waals surface area contributed by atoms with Crippen LogP contribution in [-0.4, -0.2) is 40.3 Å². The van der Waals surface area contributed by atoms with E-state index in [2.05, 4.69) is 21.3 Å². The molecule has 0 bridgehead atoms. The van der Waals surface area contributed by atoms with E-state index >= 15 is 0 Å². The third-order valence-electron chi connectivity index (χ3n) is 5.03. The Labute approximate surface area is 157 Å². The van der Waals surface area contributed by atoms with E-state index in [1.165, 1.54) is 10.9 Å². The van der Waals surface area contributed by atoms with Gasteiger partial charge in [0, 0.05) is 33.2 Å². The van der Waals surface area contributed by atoms with Gasteiger partial charge in [-0.1, -0.05) is 30.3 Å². The van der Waals surface area contributed by atoms with Crippen molar-refractivity contribution in [1.82, 2.24) is 19.4 Å². The predicted molar refractivity (Wildman–Crippen MR) is 105 cm³/mol. The Morgan fingerprint density at radius 2 is 2.04 bits per heavy atom. The monoisotopic (exact) mass is 362 g/mol. The van der Waals surface area contributed by atoms with Gasteiger partial charge in [0.15, 0.2) is 0 Å². The molecule has 0 saturated carbocycles. The SMILES string of the molecule is Cn1cnc2c(C#N)c(N3CCCNCC3)n(Cc3ccccc3)c2c1=O. The first-order chi connectivity index (χ1) is 13.2. The molecule has 0 amide bonds. The zero-order valence-electron chi connectivity index (χ0n) is 15.4. The molecule has 7 heteroatoms. The maximum Gasteiger partial charge on any atom is 0.277 e. The average molecular weight is 362 g/mol. The van der Waals surface area contributed by atoms with Crippen LogP contribution in [0, 0.1) is 11.3 Å². The Morgan fingerprint density at radius 1 is 1.22 bits per heavy atom. The van der Waals surface area contributed by atoms with Crippen molar-refractivity contribution in [3.63, 3.8) is 0 Å². The Morgan fingerprint density at radius 3 is 2.81 bits per heavy atom. The molecule has 1 saturated heterocycles. The van der Waals surface area contributed by atoms with E-state index in [-0.39, 0.29) is 5.56 Å². The molecule has 3 heterocycles. The Balaban J connectivity index is 1.98. The molecule has 0 atom stereocenters. The van der Waals surface area contributed by atoms with Crippen molar-refractivity contribution in [1.29, 1.82) is 5.26 Å². The number of anilines is 1. The molecular weight excluding hydrogens is 340 g/mol. The lowest BCUT2D eigenvalue weighted by Crippen LogP contribution is -2.31. The Hall–Kier alpha value is -3.11. The van der Waals surface area contributed by atoms with Crippen LogP contribution in [0.1, 0.15) is 17.5 Å². The molecular formula is C20H22N6O. The zero-order chi connectivity index (χ0) is 18.8. The minimum absolute atomic E-state index is 0.133. The van der Waals surface area contributed by atoms with E-state index in [0.717, 1.165) is 44.0 Å². The molecule has 138 valence electrons. The van der Waals surface area contributed by atoms with Crippen LogP contribution in [0.4, 0.5) is 5.82 Å². The van der Waals surface area contributed by atoms with Crippen molar-refractivity contribution in [3.8, 4) is 6.07 Å². The number of hydrogen-bond acceptors (Lipinski definition) is 5. The standard InChI is InChI=1S/C20H22N6O/c1-24-14-23-17-16(12-21)19(25-10-5-8-22-9-11-25)26(18(17)20(24)27)13-15-6-3-2-4-7-15/h2-4,6-7,14,22H,5,8-11,13H2,1H3. The van der Waals surface area contributed by atoms with Crippen LogP contribution in [0.3, 0.4) is 0 Å². The summed E-state index contributed by atoms with van der Waals surface area (Å²) in [7, 11) is 1.69. The highest BCUT2D eigenvalue weighted by Crippen LogP contribution is 2.31. The summed E-state index contributed by atoms with van der Waals surface area (Å²) in [5.41, 5.74) is 2.42. The highest BCUT2D eigenvalue weighted by Gasteiger charge is 2.26. The first-order valence-electron chi connectivity index (χ1n) is 9.18. The third kappa shape index (κ3) is 3.09. The molecule has 1 aliphatic rings. The fourth-order valence-electron chi connectivity index (χ4n) is 3.71. The van der Waals surface area contributed by atoms with Gasteiger partial charge in [-0.3, -0.25) is 4.79 Å². The lowest BCUT2D eigenvalue weighted by molar-refractivity contribution is 0.723. The van der Waals surface area contributed by atoms with Crippen molar-refractivity contribution in [2.24, 2.45) is 7.05 Å². The van der Waals surface area contributed by atoms with E-state index in [0.29, 0.717) is 23.1 Å². The number of rotatable bonds is 3. The first kappa shape index (κ1) is 17.3. The summed E-state index contributed by atoms with van der Waals surface area (Å²) in [6.07, 6.45) is 2.48. The highest BCUT2D eigenvalue weighted by molar-refractivity contribution is 5.89. The van der Waals surface area contributed by atoms with E-state index in [9.17, 15) is 10.1 Å². The molecule has 0 aliphatic carbocycles. The highest BCUT2D eigenvalue weighted by atomic mass is 16.1. The van der Waals surface area contributed by atoms with E-state index in [1.54, 1.807) is 7.05 Å². The summed E-state index contributed by atoms with van der Waals surface area (Å²) >= 11 is 0. The van der Waals surface area contributed by atoms with Crippen LogP contribution in [0.2, 0.25) is 0 Å². The van der Waals surface area contributed by atoms with Gasteiger partial charge < -0.3 is 19.4 Å². The third-order valence-corrected chi connectivity index (χ3v) is 5.03. The summed E-state index contributed by atoms with van der Waals surface area (Å²) in [5.74, 6) is 0.802. The number of nitrogens with one attached hydrogen (secondary N) is 1. The predicted octanol–water partition coefficient (Wildman–Crippen LogP) is 1.45. The molecule has 1 aromatic carbocycles. The van der Waals surface area contributed by atoms with Gasteiger partial charge in [-0.25, -0.2) is 4.98 Å². The second-order valence-corrected chi connectivity index (χ2v) is 6.83. The van der Waals surface area contributed by atoms with Crippen LogP contribution in [0.15, 0.2) is 41.5 Å². The molecule has 7 nitrogen and oxygen atoms in total. The number of nitriles is 1. The maximum atomic E-state index is 12.9. The summed E-state index contributed by atoms with van der Waals surface area (Å²) < 4.78 is 3.45. The second kappa shape index (κ2) is 7.25. The van der Waals surface area contributed by atoms with Crippen LogP contribution in [0.5, 0.6) is 0 Å². The van der Waals surface area contributed by atoms with Crippen molar-refractivity contribution in [3.05, 3.63) is 58.1 Å². The van der Waals surface area contributed by atoms with Crippen molar-refractivity contribution in [2.45, 2.75) is 13.0 Å². The molecule has 4 rings (SSSR count). The molecule has 0 radical (unpaired) electrons. The van der Waals surface area contributed by atoms with Gasteiger partial charge in [0.25, 0.3) is 5.56 Å². The summed E-state index contributed by atoms with van der Waals surface area (Å²) in [4.78, 5) is 19.6. The van der Waals surface area contributed by atoms with Gasteiger partial charge in [0.05, 0.1) is 6.33 Å². The normalized spacial score (nSPS) is 14.9. The fraction of sp³-hybridized carbons (Fsp3) is 0.350. The van der Waals surface area contributed by atoms with Crippen LogP contribution < -0.4 is 15.8 Å². The van der Waals surface area contributed by atoms with Crippen molar-refractivity contribution in [2.75, 3.05) is 31.1 Å². The number of nitrogens with zero attached hydrogens (tertiary/aromatic N) is 5. The van der Waals surface area contributed by atoms with E-state index < -0.39 is 0 Å². The molecule has 27 heavy (non-hydrogen) atoms. The smallest absolute Gasteiger partial charge is 0.277 e. The fourth-order valence-corrected chi connectivity index (χ4v) is 3.71. The number of hydrogen-bond donors (Lipinski definition) is 1. The molecule has 1 N–H and O–H groups in total. The van der Waals surface area contributed by atoms with Gasteiger partial charge >= 0.3 is 0 Å². The van der Waals surface area contributed by atoms with Crippen LogP contribution >= 0.6 is 0 Å². The maximum absolute atomic E-state index is 12.9. The average Bonchev–Trinajstić information content (AvgIpc) is 2.84.